The van der Waals surface area contributed by atoms with Gasteiger partial charge < -0.3 is 5.32 Å². The van der Waals surface area contributed by atoms with Crippen molar-refractivity contribution >= 4 is 35.0 Å². The number of likely N-dealkylation sites (tertiary alicyclic amines) is 1. The fourth-order valence-electron chi connectivity index (χ4n) is 1.97. The molecule has 0 aromatic heterocycles. The Balaban J connectivity index is 0.000000162. The first-order valence-corrected chi connectivity index (χ1v) is 7.79. The van der Waals surface area contributed by atoms with E-state index in [1.807, 2.05) is 0 Å². The topological polar surface area (TPSA) is 19.9 Å². The molecule has 0 spiro atoms. The monoisotopic (exact) mass is 342 g/mol. The minimum atomic E-state index is 1.23. The van der Waals surface area contributed by atoms with Gasteiger partial charge in [-0.1, -0.05) is 0 Å². The van der Waals surface area contributed by atoms with Gasteiger partial charge in [-0.3, -0.25) is 0 Å². The summed E-state index contributed by atoms with van der Waals surface area (Å²) in [6.45, 7) is 5.21. The van der Waals surface area contributed by atoms with Gasteiger partial charge in [0.25, 0.3) is 0 Å². The van der Waals surface area contributed by atoms with Crippen LogP contribution in [-0.2, 0) is 0 Å². The van der Waals surface area contributed by atoms with E-state index in [2.05, 4.69) is 41.8 Å². The molecule has 2 N–H and O–H groups in total. The van der Waals surface area contributed by atoms with Gasteiger partial charge in [-0.05, 0) is 19.3 Å². The van der Waals surface area contributed by atoms with E-state index in [-0.39, 0.29) is 0 Å². The summed E-state index contributed by atoms with van der Waals surface area (Å²) < 4.78 is 1.23. The average molecular weight is 340 g/mol. The summed E-state index contributed by atoms with van der Waals surface area (Å²) in [7, 11) is 0. The van der Waals surface area contributed by atoms with Crippen molar-refractivity contribution in [2.45, 2.75) is 38.5 Å². The first-order chi connectivity index (χ1) is 7.30. The van der Waals surface area contributed by atoms with E-state index in [4.69, 9.17) is 0 Å². The van der Waals surface area contributed by atoms with Crippen LogP contribution >= 0.6 is 0 Å². The number of quaternary nitrogens is 1. The van der Waals surface area contributed by atoms with Crippen molar-refractivity contribution in [2.75, 3.05) is 26.2 Å². The van der Waals surface area contributed by atoms with Crippen LogP contribution in [0.1, 0.15) is 38.5 Å². The maximum atomic E-state index is 3.00. The number of rotatable bonds is 1. The first-order valence-electron chi connectivity index (χ1n) is 6.08. The summed E-state index contributed by atoms with van der Waals surface area (Å²) in [5.41, 5.74) is 0. The van der Waals surface area contributed by atoms with Gasteiger partial charge in [-0.15, -0.1) is 0 Å². The van der Waals surface area contributed by atoms with E-state index in [0.29, 0.717) is 0 Å². The van der Waals surface area contributed by atoms with Crippen molar-refractivity contribution in [1.82, 2.24) is 4.90 Å². The van der Waals surface area contributed by atoms with Crippen molar-refractivity contribution < 1.29 is 5.32 Å². The average Bonchev–Trinajstić information content (AvgIpc) is 2.33. The number of hydrogen-bond acceptors (Lipinski definition) is 1. The molecule has 15 heavy (non-hydrogen) atoms. The van der Waals surface area contributed by atoms with Gasteiger partial charge in [0.2, 0.25) is 0 Å². The summed E-state index contributed by atoms with van der Waals surface area (Å²) in [4.78, 5) is 2.36. The second-order valence-electron chi connectivity index (χ2n) is 4.24. The molecule has 2 rings (SSSR count). The second kappa shape index (κ2) is 8.78. The Morgan fingerprint density at radius 3 is 1.73 bits per heavy atom. The molecule has 0 atom stereocenters. The summed E-state index contributed by atoms with van der Waals surface area (Å²) in [6.07, 6.45) is 8.47. The Morgan fingerprint density at radius 2 is 1.47 bits per heavy atom. The van der Waals surface area contributed by atoms with Crippen LogP contribution in [-0.4, -0.2) is 66.1 Å². The molecule has 2 aliphatic heterocycles. The third-order valence-electron chi connectivity index (χ3n) is 2.93. The molecule has 0 unspecified atom stereocenters. The van der Waals surface area contributed by atoms with Crippen LogP contribution in [0.2, 0.25) is 0 Å². The predicted molar refractivity (Wildman–Crippen MR) is 67.4 cm³/mol. The molecule has 0 aromatic carbocycles. The second-order valence-corrected chi connectivity index (χ2v) is 7.17. The summed E-state index contributed by atoms with van der Waals surface area (Å²) in [5.74, 6) is 0. The van der Waals surface area contributed by atoms with E-state index >= 15 is 0 Å². The standard InChI is InChI=1S/C6H11NSe2.C5H11N/c8-6(9)7-4-2-1-3-5-7;1-2-4-6-5-3-1/h1-5H2,(H,8,9);6H,1-5H2. The van der Waals surface area contributed by atoms with Crippen molar-refractivity contribution in [3.8, 4) is 0 Å². The summed E-state index contributed by atoms with van der Waals surface area (Å²) in [5, 5.41) is 2.39. The van der Waals surface area contributed by atoms with Gasteiger partial charge in [0.05, 0.1) is 13.1 Å². The molecule has 88 valence electrons. The fourth-order valence-corrected chi connectivity index (χ4v) is 2.74. The van der Waals surface area contributed by atoms with Crippen LogP contribution < -0.4 is 5.32 Å². The predicted octanol–water partition coefficient (Wildman–Crippen LogP) is -0.370. The van der Waals surface area contributed by atoms with Gasteiger partial charge in [-0.25, -0.2) is 0 Å². The molecule has 0 aromatic rings. The Morgan fingerprint density at radius 1 is 0.933 bits per heavy atom. The molecule has 0 saturated carbocycles. The maximum absolute atomic E-state index is 3.00. The molecule has 4 heteroatoms. The molecule has 2 nitrogen and oxygen atoms in total. The van der Waals surface area contributed by atoms with E-state index < -0.39 is 0 Å². The molecule has 2 saturated heterocycles. The third kappa shape index (κ3) is 6.76. The molecule has 0 aliphatic carbocycles. The van der Waals surface area contributed by atoms with Gasteiger partial charge in [0.1, 0.15) is 0 Å². The normalized spacial score (nSPS) is 21.5. The van der Waals surface area contributed by atoms with Crippen LogP contribution in [0.5, 0.6) is 0 Å². The molecule has 0 amide bonds. The third-order valence-corrected chi connectivity index (χ3v) is 4.01. The van der Waals surface area contributed by atoms with Crippen molar-refractivity contribution in [2.24, 2.45) is 0 Å². The molecule has 2 heterocycles. The summed E-state index contributed by atoms with van der Waals surface area (Å²) >= 11 is 5.99. The zero-order valence-corrected chi connectivity index (χ0v) is 12.8. The molecular formula is C11H22N2Se2. The number of hydrogen-bond donors (Lipinski definition) is 1. The van der Waals surface area contributed by atoms with Crippen molar-refractivity contribution in [3.63, 3.8) is 0 Å². The number of piperidine rings is 2. The Labute approximate surface area is 110 Å². The van der Waals surface area contributed by atoms with Crippen LogP contribution in [0.15, 0.2) is 0 Å². The van der Waals surface area contributed by atoms with Crippen LogP contribution in [0.25, 0.3) is 0 Å². The Bertz CT molecular complexity index is 164. The van der Waals surface area contributed by atoms with Gasteiger partial charge in [0, 0.05) is 0 Å². The first kappa shape index (κ1) is 13.7. The van der Waals surface area contributed by atoms with Crippen molar-refractivity contribution in [1.29, 1.82) is 0 Å². The van der Waals surface area contributed by atoms with Gasteiger partial charge in [0.15, 0.2) is 0 Å². The van der Waals surface area contributed by atoms with Gasteiger partial charge >= 0.3 is 72.3 Å². The van der Waals surface area contributed by atoms with Crippen LogP contribution in [0.3, 0.4) is 0 Å². The molecule has 2 fully saturated rings. The van der Waals surface area contributed by atoms with E-state index in [0.717, 1.165) is 0 Å². The van der Waals surface area contributed by atoms with Gasteiger partial charge in [-0.2, -0.15) is 0 Å². The van der Waals surface area contributed by atoms with Crippen molar-refractivity contribution in [3.05, 3.63) is 0 Å². The Kier molecular flexibility index (Phi) is 8.04. The Hall–Kier alpha value is 0.669. The van der Waals surface area contributed by atoms with E-state index in [1.165, 1.54) is 68.1 Å². The molecule has 0 bridgehead atoms. The molecular weight excluding hydrogens is 318 g/mol. The summed E-state index contributed by atoms with van der Waals surface area (Å²) in [6, 6.07) is 0. The number of nitrogens with zero attached hydrogens (tertiary/aromatic N) is 1. The minimum absolute atomic E-state index is 1.23. The zero-order valence-electron chi connectivity index (χ0n) is 9.41. The SMILES string of the molecule is C1CC[NH2+]CC1.[Se]=C([Se-])N1CCCCC1. The van der Waals surface area contributed by atoms with Crippen LogP contribution in [0.4, 0.5) is 0 Å². The number of nitrogens with two attached hydrogens (primary N) is 1. The van der Waals surface area contributed by atoms with E-state index in [1.54, 1.807) is 0 Å². The van der Waals surface area contributed by atoms with E-state index in [9.17, 15) is 0 Å². The fraction of sp³-hybridized carbons (Fsp3) is 0.909. The molecule has 0 radical (unpaired) electrons. The zero-order chi connectivity index (χ0) is 10.9. The van der Waals surface area contributed by atoms with Crippen LogP contribution in [0, 0.1) is 0 Å². The molecule has 2 aliphatic rings. The quantitative estimate of drug-likeness (QED) is 0.646.